The molecule has 4 atom stereocenters. The first-order chi connectivity index (χ1) is 14.9. The molecule has 2 aromatic rings. The molecule has 1 saturated heterocycles. The van der Waals surface area contributed by atoms with Crippen molar-refractivity contribution in [3.05, 3.63) is 48.5 Å². The molecule has 2 aliphatic rings. The van der Waals surface area contributed by atoms with Crippen LogP contribution in [0.25, 0.3) is 0 Å². The molecule has 31 heavy (non-hydrogen) atoms. The lowest BCUT2D eigenvalue weighted by atomic mass is 9.77. The Bertz CT molecular complexity index is 902. The molecule has 166 valence electrons. The number of benzene rings is 1. The predicted octanol–water partition coefficient (Wildman–Crippen LogP) is 2.61. The number of nitrogens with zero attached hydrogens (tertiary/aromatic N) is 4. The quantitative estimate of drug-likeness (QED) is 0.793. The minimum absolute atomic E-state index is 0.0197. The zero-order chi connectivity index (χ0) is 22.0. The number of aromatic nitrogens is 2. The fourth-order valence-corrected chi connectivity index (χ4v) is 4.53. The van der Waals surface area contributed by atoms with E-state index in [-0.39, 0.29) is 36.5 Å². The molecule has 1 aliphatic heterocycles. The Hall–Kier alpha value is -2.94. The van der Waals surface area contributed by atoms with Crippen molar-refractivity contribution in [2.45, 2.75) is 25.0 Å². The summed E-state index contributed by atoms with van der Waals surface area (Å²) >= 11 is 0. The summed E-state index contributed by atoms with van der Waals surface area (Å²) in [6.45, 7) is 1.31. The summed E-state index contributed by atoms with van der Waals surface area (Å²) in [5, 5.41) is 7.25. The summed E-state index contributed by atoms with van der Waals surface area (Å²) in [5.41, 5.74) is 0.569. The number of anilines is 1. The molecule has 9 heteroatoms. The second kappa shape index (κ2) is 9.05. The summed E-state index contributed by atoms with van der Waals surface area (Å²) in [7, 11) is 3.42. The van der Waals surface area contributed by atoms with E-state index in [9.17, 15) is 14.0 Å². The largest absolute Gasteiger partial charge is 0.366 e. The fraction of sp³-hybridized carbons (Fsp3) is 0.500. The van der Waals surface area contributed by atoms with Crippen LogP contribution >= 0.6 is 0 Å². The highest BCUT2D eigenvalue weighted by molar-refractivity contribution is 5.89. The van der Waals surface area contributed by atoms with Crippen LogP contribution in [0.4, 0.5) is 14.9 Å². The molecular formula is C22H28FN5O3. The molecule has 0 spiro atoms. The van der Waals surface area contributed by atoms with Crippen LogP contribution in [0.15, 0.2) is 42.7 Å². The number of carbonyl (C=O) groups excluding carboxylic acids is 2. The molecule has 0 radical (unpaired) electrons. The number of urea groups is 1. The fourth-order valence-electron chi connectivity index (χ4n) is 4.53. The highest BCUT2D eigenvalue weighted by Gasteiger charge is 2.45. The minimum Gasteiger partial charge on any atom is -0.366 e. The van der Waals surface area contributed by atoms with Gasteiger partial charge in [0, 0.05) is 45.3 Å². The van der Waals surface area contributed by atoms with Gasteiger partial charge in [-0.05, 0) is 55.0 Å². The minimum atomic E-state index is -0.339. The molecule has 2 fully saturated rings. The summed E-state index contributed by atoms with van der Waals surface area (Å²) < 4.78 is 21.1. The van der Waals surface area contributed by atoms with Crippen molar-refractivity contribution < 1.29 is 18.7 Å². The molecule has 2 heterocycles. The molecule has 1 aromatic carbocycles. The normalized spacial score (nSPS) is 25.2. The third kappa shape index (κ3) is 4.87. The van der Waals surface area contributed by atoms with Gasteiger partial charge in [-0.2, -0.15) is 5.10 Å². The van der Waals surface area contributed by atoms with Crippen molar-refractivity contribution in [1.82, 2.24) is 19.6 Å². The van der Waals surface area contributed by atoms with Crippen molar-refractivity contribution in [3.63, 3.8) is 0 Å². The molecule has 0 bridgehead atoms. The van der Waals surface area contributed by atoms with Crippen LogP contribution < -0.4 is 5.32 Å². The maximum atomic E-state index is 13.1. The molecule has 4 rings (SSSR count). The number of hydrogen-bond donors (Lipinski definition) is 1. The van der Waals surface area contributed by atoms with Gasteiger partial charge in [0.05, 0.1) is 12.1 Å². The second-order valence-corrected chi connectivity index (χ2v) is 8.52. The van der Waals surface area contributed by atoms with Crippen molar-refractivity contribution in [1.29, 1.82) is 0 Å². The number of hydrogen-bond acceptors (Lipinski definition) is 4. The van der Waals surface area contributed by atoms with Crippen LogP contribution in [0, 0.1) is 17.7 Å². The highest BCUT2D eigenvalue weighted by atomic mass is 19.1. The first-order valence-corrected chi connectivity index (χ1v) is 10.5. The molecule has 8 nitrogen and oxygen atoms in total. The predicted molar refractivity (Wildman–Crippen MR) is 113 cm³/mol. The van der Waals surface area contributed by atoms with E-state index < -0.39 is 0 Å². The summed E-state index contributed by atoms with van der Waals surface area (Å²) in [4.78, 5) is 28.1. The summed E-state index contributed by atoms with van der Waals surface area (Å²) in [6.07, 6.45) is 5.10. The Labute approximate surface area is 180 Å². The van der Waals surface area contributed by atoms with Crippen LogP contribution in [0.3, 0.4) is 0 Å². The molecule has 0 unspecified atom stereocenters. The zero-order valence-corrected chi connectivity index (χ0v) is 17.8. The standard InChI is InChI=1S/C22H28FN5O3/c1-26(2)21(29)14-31-20-11-16-13-27(22(30)25-18-6-4-17(23)5-7-18)12-15(16)10-19(20)28-9-3-8-24-28/h3-9,15-16,19-20H,10-14H2,1-2H3,(H,25,30)/t15-,16+,19-,20-/m0/s1. The average molecular weight is 429 g/mol. The van der Waals surface area contributed by atoms with Gasteiger partial charge in [0.2, 0.25) is 5.91 Å². The van der Waals surface area contributed by atoms with Gasteiger partial charge in [-0.15, -0.1) is 0 Å². The van der Waals surface area contributed by atoms with Crippen molar-refractivity contribution >= 4 is 17.6 Å². The van der Waals surface area contributed by atoms with E-state index in [0.717, 1.165) is 12.8 Å². The Kier molecular flexibility index (Phi) is 6.22. The van der Waals surface area contributed by atoms with E-state index in [2.05, 4.69) is 10.4 Å². The molecule has 1 aromatic heterocycles. The maximum absolute atomic E-state index is 13.1. The van der Waals surface area contributed by atoms with Crippen LogP contribution in [-0.4, -0.2) is 71.4 Å². The Balaban J connectivity index is 1.42. The number of carbonyl (C=O) groups is 2. The number of likely N-dealkylation sites (tertiary alicyclic amines) is 1. The number of amides is 3. The third-order valence-electron chi connectivity index (χ3n) is 6.25. The van der Waals surface area contributed by atoms with E-state index >= 15 is 0 Å². The number of nitrogens with one attached hydrogen (secondary N) is 1. The Morgan fingerprint density at radius 2 is 1.90 bits per heavy atom. The van der Waals surface area contributed by atoms with E-state index in [1.54, 1.807) is 32.4 Å². The Morgan fingerprint density at radius 3 is 2.55 bits per heavy atom. The van der Waals surface area contributed by atoms with Gasteiger partial charge in [0.15, 0.2) is 0 Å². The summed E-state index contributed by atoms with van der Waals surface area (Å²) in [6, 6.07) is 7.47. The van der Waals surface area contributed by atoms with Gasteiger partial charge in [-0.1, -0.05) is 0 Å². The van der Waals surface area contributed by atoms with Gasteiger partial charge in [0.25, 0.3) is 0 Å². The molecule has 3 amide bonds. The van der Waals surface area contributed by atoms with Crippen molar-refractivity contribution in [2.75, 3.05) is 39.1 Å². The molecule has 1 saturated carbocycles. The summed E-state index contributed by atoms with van der Waals surface area (Å²) in [5.74, 6) is 0.213. The van der Waals surface area contributed by atoms with Gasteiger partial charge >= 0.3 is 6.03 Å². The molecule has 1 N–H and O–H groups in total. The van der Waals surface area contributed by atoms with Crippen LogP contribution in [0.1, 0.15) is 18.9 Å². The van der Waals surface area contributed by atoms with Crippen LogP contribution in [-0.2, 0) is 9.53 Å². The van der Waals surface area contributed by atoms with Gasteiger partial charge in [0.1, 0.15) is 12.4 Å². The maximum Gasteiger partial charge on any atom is 0.321 e. The van der Waals surface area contributed by atoms with E-state index in [0.29, 0.717) is 30.6 Å². The van der Waals surface area contributed by atoms with Gasteiger partial charge in [-0.3, -0.25) is 9.48 Å². The first-order valence-electron chi connectivity index (χ1n) is 10.5. The number of fused-ring (bicyclic) bond motifs is 1. The lowest BCUT2D eigenvalue weighted by molar-refractivity contribution is -0.138. The molecule has 1 aliphatic carbocycles. The number of rotatable bonds is 5. The van der Waals surface area contributed by atoms with Gasteiger partial charge in [-0.25, -0.2) is 9.18 Å². The van der Waals surface area contributed by atoms with E-state index in [4.69, 9.17) is 4.74 Å². The van der Waals surface area contributed by atoms with E-state index in [1.165, 1.54) is 17.0 Å². The van der Waals surface area contributed by atoms with Crippen LogP contribution in [0.2, 0.25) is 0 Å². The number of ether oxygens (including phenoxy) is 1. The average Bonchev–Trinajstić information content (AvgIpc) is 3.42. The number of halogens is 1. The lowest BCUT2D eigenvalue weighted by Crippen LogP contribution is -2.40. The topological polar surface area (TPSA) is 79.7 Å². The van der Waals surface area contributed by atoms with E-state index in [1.807, 2.05) is 21.8 Å². The second-order valence-electron chi connectivity index (χ2n) is 8.52. The zero-order valence-electron chi connectivity index (χ0n) is 17.8. The van der Waals surface area contributed by atoms with Crippen LogP contribution in [0.5, 0.6) is 0 Å². The SMILES string of the molecule is CN(C)C(=O)CO[C@H]1C[C@@H]2CN(C(=O)Nc3ccc(F)cc3)C[C@@H]2C[C@@H]1n1cccn1. The monoisotopic (exact) mass is 429 g/mol. The Morgan fingerprint density at radius 1 is 1.19 bits per heavy atom. The molecular weight excluding hydrogens is 401 g/mol. The lowest BCUT2D eigenvalue weighted by Gasteiger charge is -2.37. The van der Waals surface area contributed by atoms with Gasteiger partial charge < -0.3 is 19.9 Å². The highest BCUT2D eigenvalue weighted by Crippen LogP contribution is 2.42. The van der Waals surface area contributed by atoms with Crippen molar-refractivity contribution in [3.8, 4) is 0 Å². The first kappa shape index (κ1) is 21.3. The van der Waals surface area contributed by atoms with Crippen molar-refractivity contribution in [2.24, 2.45) is 11.8 Å². The third-order valence-corrected chi connectivity index (χ3v) is 6.25. The number of likely N-dealkylation sites (N-methyl/N-ethyl adjacent to an activating group) is 1. The smallest absolute Gasteiger partial charge is 0.321 e.